The topological polar surface area (TPSA) is 66.1 Å². The van der Waals surface area contributed by atoms with Gasteiger partial charge in [-0.1, -0.05) is 24.3 Å². The first-order valence-electron chi connectivity index (χ1n) is 9.59. The highest BCUT2D eigenvalue weighted by Gasteiger charge is 2.18. The zero-order chi connectivity index (χ0) is 19.8. The van der Waals surface area contributed by atoms with E-state index in [1.165, 1.54) is 6.07 Å². The Morgan fingerprint density at radius 2 is 1.79 bits per heavy atom. The lowest BCUT2D eigenvalue weighted by atomic mass is 10.2. The standard InChI is InChI=1S/C21H28FN5O.HI/c1-28-20-10-5-3-8-18(20)25-21(23)24-11-6-12-26-13-15-27(16-14-26)19-9-4-2-7-17(19)22;/h2-5,7-10H,6,11-16H2,1H3,(H3,23,24,25);1H. The number of ether oxygens (including phenoxy) is 1. The van der Waals surface area contributed by atoms with Crippen LogP contribution in [0.3, 0.4) is 0 Å². The zero-order valence-corrected chi connectivity index (χ0v) is 19.0. The van der Waals surface area contributed by atoms with Crippen molar-refractivity contribution in [3.05, 3.63) is 54.3 Å². The summed E-state index contributed by atoms with van der Waals surface area (Å²) in [5, 5.41) is 3.08. The van der Waals surface area contributed by atoms with E-state index < -0.39 is 0 Å². The molecule has 0 unspecified atom stereocenters. The van der Waals surface area contributed by atoms with Crippen LogP contribution in [0.5, 0.6) is 5.75 Å². The van der Waals surface area contributed by atoms with Crippen molar-refractivity contribution in [2.75, 3.05) is 56.6 Å². The molecule has 0 amide bonds. The van der Waals surface area contributed by atoms with Crippen LogP contribution < -0.4 is 20.7 Å². The Labute approximate surface area is 188 Å². The first-order valence-corrected chi connectivity index (χ1v) is 9.59. The zero-order valence-electron chi connectivity index (χ0n) is 16.7. The van der Waals surface area contributed by atoms with E-state index in [1.807, 2.05) is 36.4 Å². The first-order chi connectivity index (χ1) is 13.7. The molecule has 29 heavy (non-hydrogen) atoms. The highest BCUT2D eigenvalue weighted by Crippen LogP contribution is 2.22. The molecule has 0 aromatic heterocycles. The number of piperazine rings is 1. The maximum Gasteiger partial charge on any atom is 0.193 e. The number of nitrogens with zero attached hydrogens (tertiary/aromatic N) is 3. The molecule has 0 saturated carbocycles. The Balaban J connectivity index is 0.00000300. The smallest absolute Gasteiger partial charge is 0.193 e. The van der Waals surface area contributed by atoms with Crippen LogP contribution >= 0.6 is 24.0 Å². The molecule has 2 aromatic carbocycles. The summed E-state index contributed by atoms with van der Waals surface area (Å²) in [6, 6.07) is 14.6. The number of para-hydroxylation sites is 3. The van der Waals surface area contributed by atoms with Crippen LogP contribution in [-0.2, 0) is 0 Å². The Morgan fingerprint density at radius 3 is 2.52 bits per heavy atom. The summed E-state index contributed by atoms with van der Waals surface area (Å²) in [5.74, 6) is 0.963. The van der Waals surface area contributed by atoms with Gasteiger partial charge in [0.1, 0.15) is 11.6 Å². The second-order valence-corrected chi connectivity index (χ2v) is 6.73. The third-order valence-corrected chi connectivity index (χ3v) is 4.85. The van der Waals surface area contributed by atoms with Gasteiger partial charge in [-0.25, -0.2) is 4.39 Å². The molecule has 1 saturated heterocycles. The molecule has 158 valence electrons. The molecule has 1 aliphatic rings. The van der Waals surface area contributed by atoms with Crippen molar-refractivity contribution >= 4 is 41.3 Å². The molecule has 0 bridgehead atoms. The average Bonchev–Trinajstić information content (AvgIpc) is 2.72. The fourth-order valence-electron chi connectivity index (χ4n) is 3.34. The number of nitrogens with one attached hydrogen (secondary N) is 1. The molecule has 0 aliphatic carbocycles. The van der Waals surface area contributed by atoms with E-state index in [4.69, 9.17) is 10.5 Å². The molecule has 6 nitrogen and oxygen atoms in total. The Morgan fingerprint density at radius 1 is 1.10 bits per heavy atom. The molecule has 2 aromatic rings. The quantitative estimate of drug-likeness (QED) is 0.257. The Kier molecular flexibility index (Phi) is 9.46. The number of benzene rings is 2. The number of rotatable bonds is 7. The van der Waals surface area contributed by atoms with Gasteiger partial charge in [0.05, 0.1) is 18.5 Å². The lowest BCUT2D eigenvalue weighted by molar-refractivity contribution is 0.256. The second kappa shape index (κ2) is 11.8. The summed E-state index contributed by atoms with van der Waals surface area (Å²) in [5.41, 5.74) is 7.47. The molecule has 1 aliphatic heterocycles. The normalized spacial score (nSPS) is 15.0. The van der Waals surface area contributed by atoms with Crippen LogP contribution in [0.1, 0.15) is 6.42 Å². The van der Waals surface area contributed by atoms with Gasteiger partial charge in [-0.3, -0.25) is 9.89 Å². The van der Waals surface area contributed by atoms with E-state index in [1.54, 1.807) is 13.2 Å². The molecule has 8 heteroatoms. The Bertz CT molecular complexity index is 796. The van der Waals surface area contributed by atoms with Crippen LogP contribution in [-0.4, -0.2) is 57.2 Å². The SMILES string of the molecule is COc1ccccc1NC(N)=NCCCN1CCN(c2ccccc2F)CC1.I. The van der Waals surface area contributed by atoms with Crippen LogP contribution in [0, 0.1) is 5.82 Å². The lowest BCUT2D eigenvalue weighted by Gasteiger charge is -2.36. The van der Waals surface area contributed by atoms with Crippen molar-refractivity contribution in [2.24, 2.45) is 10.7 Å². The monoisotopic (exact) mass is 513 g/mol. The predicted molar refractivity (Wildman–Crippen MR) is 128 cm³/mol. The summed E-state index contributed by atoms with van der Waals surface area (Å²) >= 11 is 0. The van der Waals surface area contributed by atoms with Crippen molar-refractivity contribution in [3.8, 4) is 5.75 Å². The highest BCUT2D eigenvalue weighted by atomic mass is 127. The predicted octanol–water partition coefficient (Wildman–Crippen LogP) is 3.39. The molecule has 0 atom stereocenters. The largest absolute Gasteiger partial charge is 0.495 e. The van der Waals surface area contributed by atoms with Gasteiger partial charge in [0.25, 0.3) is 0 Å². The summed E-state index contributed by atoms with van der Waals surface area (Å²) in [6.07, 6.45) is 0.925. The number of methoxy groups -OCH3 is 1. The number of anilines is 2. The van der Waals surface area contributed by atoms with Crippen molar-refractivity contribution in [3.63, 3.8) is 0 Å². The van der Waals surface area contributed by atoms with Gasteiger partial charge in [-0.2, -0.15) is 0 Å². The number of halogens is 2. The summed E-state index contributed by atoms with van der Waals surface area (Å²) in [6.45, 7) is 5.13. The van der Waals surface area contributed by atoms with Crippen molar-refractivity contribution in [1.82, 2.24) is 4.90 Å². The third kappa shape index (κ3) is 6.74. The minimum atomic E-state index is -0.150. The van der Waals surface area contributed by atoms with E-state index in [0.29, 0.717) is 18.2 Å². The van der Waals surface area contributed by atoms with Crippen molar-refractivity contribution in [1.29, 1.82) is 0 Å². The molecule has 1 heterocycles. The number of aliphatic imine (C=N–C) groups is 1. The fraction of sp³-hybridized carbons (Fsp3) is 0.381. The molecule has 0 spiro atoms. The van der Waals surface area contributed by atoms with Crippen LogP contribution in [0.15, 0.2) is 53.5 Å². The highest BCUT2D eigenvalue weighted by molar-refractivity contribution is 14.0. The van der Waals surface area contributed by atoms with Crippen LogP contribution in [0.2, 0.25) is 0 Å². The second-order valence-electron chi connectivity index (χ2n) is 6.73. The molecular formula is C21H29FIN5O. The number of guanidine groups is 1. The minimum absolute atomic E-state index is 0. The van der Waals surface area contributed by atoms with E-state index in [2.05, 4.69) is 20.1 Å². The maximum atomic E-state index is 13.9. The fourth-order valence-corrected chi connectivity index (χ4v) is 3.34. The van der Waals surface area contributed by atoms with Crippen LogP contribution in [0.25, 0.3) is 0 Å². The van der Waals surface area contributed by atoms with Gasteiger partial charge in [0.15, 0.2) is 5.96 Å². The van der Waals surface area contributed by atoms with E-state index >= 15 is 0 Å². The van der Waals surface area contributed by atoms with Gasteiger partial charge < -0.3 is 20.7 Å². The van der Waals surface area contributed by atoms with Gasteiger partial charge >= 0.3 is 0 Å². The third-order valence-electron chi connectivity index (χ3n) is 4.85. The first kappa shape index (κ1) is 23.2. The van der Waals surface area contributed by atoms with Crippen LogP contribution in [0.4, 0.5) is 15.8 Å². The number of hydrogen-bond acceptors (Lipinski definition) is 4. The van der Waals surface area contributed by atoms with Gasteiger partial charge in [-0.05, 0) is 30.7 Å². The molecular weight excluding hydrogens is 484 g/mol. The number of hydrogen-bond donors (Lipinski definition) is 2. The van der Waals surface area contributed by atoms with Gasteiger partial charge in [0, 0.05) is 39.3 Å². The van der Waals surface area contributed by atoms with Gasteiger partial charge in [0.2, 0.25) is 0 Å². The molecule has 1 fully saturated rings. The average molecular weight is 513 g/mol. The van der Waals surface area contributed by atoms with E-state index in [-0.39, 0.29) is 29.8 Å². The summed E-state index contributed by atoms with van der Waals surface area (Å²) in [7, 11) is 1.62. The molecule has 3 rings (SSSR count). The number of nitrogens with two attached hydrogens (primary N) is 1. The van der Waals surface area contributed by atoms with E-state index in [9.17, 15) is 4.39 Å². The van der Waals surface area contributed by atoms with Crippen molar-refractivity contribution in [2.45, 2.75) is 6.42 Å². The maximum absolute atomic E-state index is 13.9. The molecule has 3 N–H and O–H groups in total. The summed E-state index contributed by atoms with van der Waals surface area (Å²) < 4.78 is 19.2. The molecule has 0 radical (unpaired) electrons. The minimum Gasteiger partial charge on any atom is -0.495 e. The lowest BCUT2D eigenvalue weighted by Crippen LogP contribution is -2.47. The Hall–Kier alpha value is -2.07. The van der Waals surface area contributed by atoms with E-state index in [0.717, 1.165) is 50.6 Å². The summed E-state index contributed by atoms with van der Waals surface area (Å²) in [4.78, 5) is 8.89. The van der Waals surface area contributed by atoms with Gasteiger partial charge in [-0.15, -0.1) is 24.0 Å². The van der Waals surface area contributed by atoms with Crippen molar-refractivity contribution < 1.29 is 9.13 Å².